The van der Waals surface area contributed by atoms with Crippen LogP contribution in [0.25, 0.3) is 0 Å². The van der Waals surface area contributed by atoms with Crippen LogP contribution in [0.5, 0.6) is 5.75 Å². The molecule has 2 bridgehead atoms. The highest BCUT2D eigenvalue weighted by Crippen LogP contribution is 2.42. The number of fused-ring (bicyclic) bond motifs is 5. The van der Waals surface area contributed by atoms with Gasteiger partial charge in [-0.25, -0.2) is 0 Å². The molecule has 15 heavy (non-hydrogen) atoms. The van der Waals surface area contributed by atoms with E-state index in [1.165, 1.54) is 30.5 Å². The first kappa shape index (κ1) is 11.0. The third-order valence-corrected chi connectivity index (χ3v) is 3.41. The maximum Gasteiger partial charge on any atom is 0.115 e. The van der Waals surface area contributed by atoms with Gasteiger partial charge in [-0.3, -0.25) is 0 Å². The number of hydrogen-bond acceptors (Lipinski definition) is 1. The van der Waals surface area contributed by atoms with Gasteiger partial charge in [0.05, 0.1) is 6.54 Å². The van der Waals surface area contributed by atoms with Crippen LogP contribution in [0.2, 0.25) is 0 Å². The van der Waals surface area contributed by atoms with E-state index in [9.17, 15) is 5.11 Å². The minimum Gasteiger partial charge on any atom is -0.508 e. The van der Waals surface area contributed by atoms with Crippen LogP contribution in [0.15, 0.2) is 18.2 Å². The summed E-state index contributed by atoms with van der Waals surface area (Å²) in [5.74, 6) is 2.95. The minimum atomic E-state index is 0.423. The van der Waals surface area contributed by atoms with Crippen molar-refractivity contribution in [2.24, 2.45) is 0 Å². The first-order valence-electron chi connectivity index (χ1n) is 5.38. The molecule has 2 aliphatic rings. The van der Waals surface area contributed by atoms with Gasteiger partial charge in [0.25, 0.3) is 0 Å². The molecule has 3 rings (SSSR count). The number of quaternary nitrogens is 1. The van der Waals surface area contributed by atoms with Crippen LogP contribution < -0.4 is 5.32 Å². The Morgan fingerprint density at radius 2 is 2.13 bits per heavy atom. The van der Waals surface area contributed by atoms with Crippen molar-refractivity contribution in [3.8, 4) is 5.75 Å². The first-order valence-corrected chi connectivity index (χ1v) is 6.97. The molecule has 0 spiro atoms. The topological polar surface area (TPSA) is 36.8 Å². The van der Waals surface area contributed by atoms with Crippen molar-refractivity contribution in [1.82, 2.24) is 0 Å². The second-order valence-corrected chi connectivity index (χ2v) is 4.17. The van der Waals surface area contributed by atoms with Crippen molar-refractivity contribution >= 4 is 15.9 Å². The molecule has 2 nitrogen and oxygen atoms in total. The minimum absolute atomic E-state index is 0.423. The highest BCUT2D eigenvalue weighted by Gasteiger charge is 2.36. The molecule has 0 aromatic heterocycles. The van der Waals surface area contributed by atoms with E-state index in [2.05, 4.69) is 27.3 Å². The number of aromatic hydroxyl groups is 1. The molecular formula is C12H17BrNO+. The van der Waals surface area contributed by atoms with Gasteiger partial charge in [0, 0.05) is 18.4 Å². The molecule has 1 saturated heterocycles. The molecule has 1 fully saturated rings. The summed E-state index contributed by atoms with van der Waals surface area (Å²) in [6, 6.07) is 6.54. The molecule has 82 valence electrons. The molecule has 1 aromatic rings. The van der Waals surface area contributed by atoms with Crippen LogP contribution in [0.4, 0.5) is 0 Å². The van der Waals surface area contributed by atoms with Crippen molar-refractivity contribution < 1.29 is 10.4 Å². The highest BCUT2D eigenvalue weighted by atomic mass is 79.9. The number of phenolic OH excluding ortho intramolecular Hbond substituents is 1. The standard InChI is InChI=1S/C11H13NO.CH3Br/c13-8-1-2-9-10(6-8)7-3-4-12-11(9)5-7;1-2/h1-2,6-7,11-13H,3-5H2;1H3/p+1. The van der Waals surface area contributed by atoms with Gasteiger partial charge in [0.15, 0.2) is 0 Å². The van der Waals surface area contributed by atoms with Gasteiger partial charge in [-0.15, -0.1) is 0 Å². The zero-order valence-electron chi connectivity index (χ0n) is 8.91. The Balaban J connectivity index is 0.000000404. The summed E-state index contributed by atoms with van der Waals surface area (Å²) in [4.78, 5) is 0. The summed E-state index contributed by atoms with van der Waals surface area (Å²) in [5.41, 5.74) is 2.86. The van der Waals surface area contributed by atoms with Crippen LogP contribution in [0.1, 0.15) is 35.9 Å². The molecule has 1 aliphatic carbocycles. The second-order valence-electron chi connectivity index (χ2n) is 4.17. The van der Waals surface area contributed by atoms with E-state index in [4.69, 9.17) is 0 Å². The fraction of sp³-hybridized carbons (Fsp3) is 0.500. The Morgan fingerprint density at radius 3 is 2.93 bits per heavy atom. The average molecular weight is 271 g/mol. The molecule has 3 heteroatoms. The summed E-state index contributed by atoms with van der Waals surface area (Å²) < 4.78 is 0. The van der Waals surface area contributed by atoms with Crippen LogP contribution in [0, 0.1) is 0 Å². The Morgan fingerprint density at radius 1 is 1.33 bits per heavy atom. The lowest BCUT2D eigenvalue weighted by atomic mass is 9.96. The van der Waals surface area contributed by atoms with Gasteiger partial charge in [-0.2, -0.15) is 0 Å². The molecule has 1 aromatic carbocycles. The van der Waals surface area contributed by atoms with Gasteiger partial charge >= 0.3 is 0 Å². The van der Waals surface area contributed by atoms with E-state index in [-0.39, 0.29) is 0 Å². The third-order valence-electron chi connectivity index (χ3n) is 3.41. The maximum absolute atomic E-state index is 9.41. The quantitative estimate of drug-likeness (QED) is 0.695. The highest BCUT2D eigenvalue weighted by molar-refractivity contribution is 9.08. The van der Waals surface area contributed by atoms with Crippen molar-refractivity contribution in [2.75, 3.05) is 12.4 Å². The Kier molecular flexibility index (Phi) is 3.32. The monoisotopic (exact) mass is 270 g/mol. The first-order chi connectivity index (χ1) is 7.34. The zero-order valence-corrected chi connectivity index (χ0v) is 10.5. The van der Waals surface area contributed by atoms with Crippen LogP contribution in [-0.4, -0.2) is 17.5 Å². The number of rotatable bonds is 0. The van der Waals surface area contributed by atoms with Gasteiger partial charge in [-0.1, -0.05) is 15.9 Å². The van der Waals surface area contributed by atoms with Crippen LogP contribution in [0.3, 0.4) is 0 Å². The fourth-order valence-electron chi connectivity index (χ4n) is 2.81. The van der Waals surface area contributed by atoms with Crippen molar-refractivity contribution in [1.29, 1.82) is 0 Å². The van der Waals surface area contributed by atoms with E-state index >= 15 is 0 Å². The molecule has 0 radical (unpaired) electrons. The Labute approximate surface area is 98.8 Å². The summed E-state index contributed by atoms with van der Waals surface area (Å²) in [5, 5.41) is 11.8. The van der Waals surface area contributed by atoms with Crippen LogP contribution >= 0.6 is 15.9 Å². The number of nitrogens with two attached hydrogens (primary N) is 1. The summed E-state index contributed by atoms with van der Waals surface area (Å²) >= 11 is 2.94. The molecule has 1 heterocycles. The summed E-state index contributed by atoms with van der Waals surface area (Å²) in [7, 11) is 0. The van der Waals surface area contributed by atoms with E-state index < -0.39 is 0 Å². The normalized spacial score (nSPS) is 26.5. The molecule has 2 atom stereocenters. The van der Waals surface area contributed by atoms with Crippen molar-refractivity contribution in [2.45, 2.75) is 24.8 Å². The van der Waals surface area contributed by atoms with Crippen LogP contribution in [-0.2, 0) is 0 Å². The van der Waals surface area contributed by atoms with Gasteiger partial charge in [0.1, 0.15) is 11.8 Å². The maximum atomic E-state index is 9.41. The molecular weight excluding hydrogens is 254 g/mol. The molecule has 2 unspecified atom stereocenters. The SMILES string of the molecule is CBr.Oc1ccc2c(c1)C1CC[NH2+]C2C1. The number of halogens is 1. The van der Waals surface area contributed by atoms with Gasteiger partial charge in [-0.05, 0) is 35.5 Å². The van der Waals surface area contributed by atoms with E-state index in [0.717, 1.165) is 5.92 Å². The average Bonchev–Trinajstić information content (AvgIpc) is 2.54. The van der Waals surface area contributed by atoms with Crippen molar-refractivity contribution in [3.63, 3.8) is 0 Å². The summed E-state index contributed by atoms with van der Waals surface area (Å²) in [6.07, 6.45) is 2.55. The number of piperidine rings is 1. The van der Waals surface area contributed by atoms with Gasteiger partial charge < -0.3 is 10.4 Å². The second kappa shape index (κ2) is 4.54. The van der Waals surface area contributed by atoms with Gasteiger partial charge in [0.2, 0.25) is 0 Å². The van der Waals surface area contributed by atoms with Crippen molar-refractivity contribution in [3.05, 3.63) is 29.3 Å². The Bertz CT molecular complexity index is 353. The largest absolute Gasteiger partial charge is 0.508 e. The number of phenols is 1. The van der Waals surface area contributed by atoms with E-state index in [1.54, 1.807) is 0 Å². The Hall–Kier alpha value is -0.540. The van der Waals surface area contributed by atoms with E-state index in [0.29, 0.717) is 11.8 Å². The number of benzene rings is 1. The molecule has 3 N–H and O–H groups in total. The predicted octanol–water partition coefficient (Wildman–Crippen LogP) is 1.90. The lowest BCUT2D eigenvalue weighted by molar-refractivity contribution is -0.702. The number of alkyl halides is 1. The lowest BCUT2D eigenvalue weighted by Crippen LogP contribution is -2.86. The molecule has 0 saturated carbocycles. The molecule has 0 amide bonds. The third kappa shape index (κ3) is 1.91. The number of hydrogen-bond donors (Lipinski definition) is 2. The van der Waals surface area contributed by atoms with E-state index in [1.807, 2.05) is 18.0 Å². The lowest BCUT2D eigenvalue weighted by Gasteiger charge is -2.16. The fourth-order valence-corrected chi connectivity index (χ4v) is 2.81. The molecule has 1 aliphatic heterocycles. The smallest absolute Gasteiger partial charge is 0.115 e. The summed E-state index contributed by atoms with van der Waals surface area (Å²) in [6.45, 7) is 1.24. The predicted molar refractivity (Wildman–Crippen MR) is 64.5 cm³/mol. The zero-order chi connectivity index (χ0) is 10.8.